The number of anilines is 1. The van der Waals surface area contributed by atoms with Crippen molar-refractivity contribution in [1.29, 1.82) is 0 Å². The summed E-state index contributed by atoms with van der Waals surface area (Å²) in [6.07, 6.45) is 0.824. The molecule has 0 saturated heterocycles. The number of ether oxygens (including phenoxy) is 1. The van der Waals surface area contributed by atoms with Crippen molar-refractivity contribution in [3.8, 4) is 0 Å². The number of urea groups is 1. The van der Waals surface area contributed by atoms with Crippen molar-refractivity contribution in [3.63, 3.8) is 0 Å². The number of hydrogen-bond donors (Lipinski definition) is 3. The summed E-state index contributed by atoms with van der Waals surface area (Å²) in [6, 6.07) is 7.20. The maximum absolute atomic E-state index is 11.7. The second kappa shape index (κ2) is 10.7. The van der Waals surface area contributed by atoms with E-state index in [1.54, 1.807) is 20.8 Å². The number of carbonyl (C=O) groups is 2. The standard InChI is InChI=1S/C18H28N4O3S/c1-11(2)19-17(23)22-15-9-7-14(8-10-15)16(26-6)20-13(5)21-18(24)25-12(3)4/h7-13H,1-6H3,(H,21,24)(H2,19,22,23)/b20-16-. The smallest absolute Gasteiger partial charge is 0.409 e. The normalized spacial score (nSPS) is 12.7. The molecule has 1 aromatic rings. The summed E-state index contributed by atoms with van der Waals surface area (Å²) >= 11 is 1.48. The molecule has 0 aliphatic heterocycles. The van der Waals surface area contributed by atoms with Gasteiger partial charge in [0.2, 0.25) is 0 Å². The van der Waals surface area contributed by atoms with Gasteiger partial charge in [-0.15, -0.1) is 11.8 Å². The maximum atomic E-state index is 11.7. The summed E-state index contributed by atoms with van der Waals surface area (Å²) in [5.74, 6) is 0. The Balaban J connectivity index is 2.74. The van der Waals surface area contributed by atoms with E-state index in [4.69, 9.17) is 4.74 Å². The molecule has 0 aliphatic carbocycles. The van der Waals surface area contributed by atoms with Crippen LogP contribution < -0.4 is 16.0 Å². The van der Waals surface area contributed by atoms with Crippen LogP contribution in [0.1, 0.15) is 40.2 Å². The van der Waals surface area contributed by atoms with Gasteiger partial charge in [-0.25, -0.2) is 9.59 Å². The number of aliphatic imine (C=N–C) groups is 1. The van der Waals surface area contributed by atoms with Crippen LogP contribution in [0, 0.1) is 0 Å². The van der Waals surface area contributed by atoms with Crippen LogP contribution in [-0.4, -0.2) is 41.7 Å². The lowest BCUT2D eigenvalue weighted by Gasteiger charge is -2.14. The van der Waals surface area contributed by atoms with Gasteiger partial charge in [-0.05, 0) is 53.0 Å². The Hall–Kier alpha value is -2.22. The van der Waals surface area contributed by atoms with Gasteiger partial charge < -0.3 is 15.4 Å². The molecule has 7 nitrogen and oxygen atoms in total. The van der Waals surface area contributed by atoms with E-state index < -0.39 is 12.3 Å². The lowest BCUT2D eigenvalue weighted by molar-refractivity contribution is 0.113. The fourth-order valence-electron chi connectivity index (χ4n) is 2.00. The van der Waals surface area contributed by atoms with Gasteiger partial charge in [0.05, 0.1) is 11.1 Å². The summed E-state index contributed by atoms with van der Waals surface area (Å²) in [5, 5.41) is 8.99. The van der Waals surface area contributed by atoms with Crippen molar-refractivity contribution in [2.45, 2.75) is 52.9 Å². The van der Waals surface area contributed by atoms with Crippen molar-refractivity contribution >= 4 is 34.6 Å². The molecule has 8 heteroatoms. The Morgan fingerprint density at radius 3 is 2.15 bits per heavy atom. The third kappa shape index (κ3) is 8.24. The molecule has 3 amide bonds. The SMILES string of the molecule is CS/C(=N\C(C)NC(=O)OC(C)C)c1ccc(NC(=O)NC(C)C)cc1. The van der Waals surface area contributed by atoms with Crippen LogP contribution in [0.25, 0.3) is 0 Å². The van der Waals surface area contributed by atoms with Gasteiger partial charge in [0.15, 0.2) is 0 Å². The summed E-state index contributed by atoms with van der Waals surface area (Å²) < 4.78 is 5.05. The maximum Gasteiger partial charge on any atom is 0.409 e. The molecule has 0 fully saturated rings. The van der Waals surface area contributed by atoms with Crippen molar-refractivity contribution in [2.75, 3.05) is 11.6 Å². The Bertz CT molecular complexity index is 630. The monoisotopic (exact) mass is 380 g/mol. The summed E-state index contributed by atoms with van der Waals surface area (Å²) in [7, 11) is 0. The first-order valence-electron chi connectivity index (χ1n) is 8.48. The van der Waals surface area contributed by atoms with E-state index in [-0.39, 0.29) is 18.2 Å². The molecule has 0 aliphatic rings. The number of nitrogens with zero attached hydrogens (tertiary/aromatic N) is 1. The number of hydrogen-bond acceptors (Lipinski definition) is 5. The Morgan fingerprint density at radius 2 is 1.65 bits per heavy atom. The fourth-order valence-corrected chi connectivity index (χ4v) is 2.63. The van der Waals surface area contributed by atoms with Crippen molar-refractivity contribution < 1.29 is 14.3 Å². The molecule has 1 atom stereocenters. The van der Waals surface area contributed by atoms with E-state index >= 15 is 0 Å². The first-order valence-corrected chi connectivity index (χ1v) is 9.70. The predicted molar refractivity (Wildman–Crippen MR) is 108 cm³/mol. The van der Waals surface area contributed by atoms with E-state index in [0.717, 1.165) is 10.6 Å². The van der Waals surface area contributed by atoms with Crippen LogP contribution >= 0.6 is 11.8 Å². The van der Waals surface area contributed by atoms with Gasteiger partial charge in [0.25, 0.3) is 0 Å². The molecule has 1 unspecified atom stereocenters. The zero-order valence-corrected chi connectivity index (χ0v) is 16.9. The topological polar surface area (TPSA) is 91.8 Å². The Kier molecular flexibility index (Phi) is 8.98. The fraction of sp³-hybridized carbons (Fsp3) is 0.500. The van der Waals surface area contributed by atoms with Crippen LogP contribution in [-0.2, 0) is 4.74 Å². The zero-order valence-electron chi connectivity index (χ0n) is 16.1. The molecule has 0 saturated carbocycles. The van der Waals surface area contributed by atoms with Crippen LogP contribution in [0.5, 0.6) is 0 Å². The molecule has 0 radical (unpaired) electrons. The van der Waals surface area contributed by atoms with Crippen LogP contribution in [0.3, 0.4) is 0 Å². The number of benzene rings is 1. The molecule has 26 heavy (non-hydrogen) atoms. The minimum atomic E-state index is -0.493. The Labute approximate surface area is 159 Å². The number of alkyl carbamates (subject to hydrolysis) is 1. The van der Waals surface area contributed by atoms with Gasteiger partial charge in [-0.2, -0.15) is 0 Å². The first-order chi connectivity index (χ1) is 12.2. The highest BCUT2D eigenvalue weighted by Crippen LogP contribution is 2.16. The van der Waals surface area contributed by atoms with Gasteiger partial charge in [0.1, 0.15) is 6.17 Å². The largest absolute Gasteiger partial charge is 0.447 e. The van der Waals surface area contributed by atoms with Crippen LogP contribution in [0.4, 0.5) is 15.3 Å². The third-order valence-corrected chi connectivity index (χ3v) is 3.71. The molecule has 144 valence electrons. The first kappa shape index (κ1) is 21.8. The zero-order chi connectivity index (χ0) is 19.7. The van der Waals surface area contributed by atoms with Crippen LogP contribution in [0.15, 0.2) is 29.3 Å². The van der Waals surface area contributed by atoms with Crippen LogP contribution in [0.2, 0.25) is 0 Å². The molecular formula is C18H28N4O3S. The molecule has 0 heterocycles. The number of amides is 3. The van der Waals surface area contributed by atoms with Gasteiger partial charge in [-0.1, -0.05) is 12.1 Å². The summed E-state index contributed by atoms with van der Waals surface area (Å²) in [4.78, 5) is 27.9. The Morgan fingerprint density at radius 1 is 1.04 bits per heavy atom. The van der Waals surface area contributed by atoms with E-state index in [2.05, 4.69) is 20.9 Å². The third-order valence-electron chi connectivity index (χ3n) is 2.98. The second-order valence-electron chi connectivity index (χ2n) is 6.24. The highest BCUT2D eigenvalue weighted by Gasteiger charge is 2.11. The lowest BCUT2D eigenvalue weighted by Crippen LogP contribution is -2.34. The van der Waals surface area contributed by atoms with E-state index in [9.17, 15) is 9.59 Å². The molecule has 0 bridgehead atoms. The molecule has 3 N–H and O–H groups in total. The van der Waals surface area contributed by atoms with Gasteiger partial charge in [-0.3, -0.25) is 10.3 Å². The highest BCUT2D eigenvalue weighted by molar-refractivity contribution is 8.13. The number of rotatable bonds is 6. The highest BCUT2D eigenvalue weighted by atomic mass is 32.2. The minimum absolute atomic E-state index is 0.0703. The van der Waals surface area contributed by atoms with Crippen molar-refractivity contribution in [1.82, 2.24) is 10.6 Å². The van der Waals surface area contributed by atoms with E-state index in [1.165, 1.54) is 11.8 Å². The second-order valence-corrected chi connectivity index (χ2v) is 7.04. The van der Waals surface area contributed by atoms with E-state index in [0.29, 0.717) is 5.69 Å². The molecule has 1 aromatic carbocycles. The number of nitrogens with one attached hydrogen (secondary N) is 3. The average Bonchev–Trinajstić information content (AvgIpc) is 2.51. The molecule has 0 aromatic heterocycles. The van der Waals surface area contributed by atoms with Crippen molar-refractivity contribution in [2.24, 2.45) is 4.99 Å². The molecule has 0 spiro atoms. The van der Waals surface area contributed by atoms with Gasteiger partial charge in [0, 0.05) is 17.3 Å². The van der Waals surface area contributed by atoms with Gasteiger partial charge >= 0.3 is 12.1 Å². The summed E-state index contributed by atoms with van der Waals surface area (Å²) in [6.45, 7) is 9.16. The minimum Gasteiger partial charge on any atom is -0.447 e. The van der Waals surface area contributed by atoms with Crippen molar-refractivity contribution in [3.05, 3.63) is 29.8 Å². The summed E-state index contributed by atoms with van der Waals surface area (Å²) in [5.41, 5.74) is 1.59. The number of thioether (sulfide) groups is 1. The number of carbonyl (C=O) groups excluding carboxylic acids is 2. The molecular weight excluding hydrogens is 352 g/mol. The predicted octanol–water partition coefficient (Wildman–Crippen LogP) is 3.81. The average molecular weight is 381 g/mol. The lowest BCUT2D eigenvalue weighted by atomic mass is 10.2. The molecule has 1 rings (SSSR count). The van der Waals surface area contributed by atoms with E-state index in [1.807, 2.05) is 44.4 Å². The quantitative estimate of drug-likeness (QED) is 0.517.